The van der Waals surface area contributed by atoms with E-state index in [2.05, 4.69) is 20.9 Å². The third kappa shape index (κ3) is 13.0. The van der Waals surface area contributed by atoms with Gasteiger partial charge in [-0.1, -0.05) is 0 Å². The molecular formula is C19H35N9O8. The molecule has 36 heavy (non-hydrogen) atoms. The third-order valence-corrected chi connectivity index (χ3v) is 4.73. The smallest absolute Gasteiger partial charge is 0.326 e. The summed E-state index contributed by atoms with van der Waals surface area (Å²) in [6.07, 6.45) is -2.46. The summed E-state index contributed by atoms with van der Waals surface area (Å²) in [4.78, 5) is 75.4. The maximum atomic E-state index is 13.0. The van der Waals surface area contributed by atoms with Gasteiger partial charge in [-0.2, -0.15) is 0 Å². The zero-order valence-electron chi connectivity index (χ0n) is 19.8. The second kappa shape index (κ2) is 15.8. The Morgan fingerprint density at radius 3 is 1.75 bits per heavy atom. The zero-order valence-corrected chi connectivity index (χ0v) is 19.8. The second-order valence-corrected chi connectivity index (χ2v) is 7.91. The zero-order chi connectivity index (χ0) is 28.0. The summed E-state index contributed by atoms with van der Waals surface area (Å²) >= 11 is 0. The lowest BCUT2D eigenvalue weighted by molar-refractivity contribution is -0.144. The van der Waals surface area contributed by atoms with Crippen molar-refractivity contribution in [3.05, 3.63) is 0 Å². The molecule has 0 aliphatic heterocycles. The van der Waals surface area contributed by atoms with Gasteiger partial charge in [-0.05, 0) is 26.2 Å². The number of primary amides is 2. The number of guanidine groups is 1. The van der Waals surface area contributed by atoms with E-state index in [1.54, 1.807) is 0 Å². The summed E-state index contributed by atoms with van der Waals surface area (Å²) in [7, 11) is 0. The number of hydrogen-bond donors (Lipinski definition) is 10. The minimum atomic E-state index is -1.69. The van der Waals surface area contributed by atoms with Crippen molar-refractivity contribution < 1.29 is 39.0 Å². The fraction of sp³-hybridized carbons (Fsp3) is 0.632. The van der Waals surface area contributed by atoms with Gasteiger partial charge >= 0.3 is 5.97 Å². The Labute approximate surface area is 206 Å². The first-order valence-corrected chi connectivity index (χ1v) is 10.8. The predicted octanol–water partition coefficient (Wildman–Crippen LogP) is -5.57. The fourth-order valence-electron chi connectivity index (χ4n) is 2.76. The van der Waals surface area contributed by atoms with Crippen molar-refractivity contribution in [2.75, 3.05) is 6.54 Å². The molecule has 5 atom stereocenters. The van der Waals surface area contributed by atoms with Gasteiger partial charge in [0.15, 0.2) is 5.96 Å². The molecule has 0 heterocycles. The predicted molar refractivity (Wildman–Crippen MR) is 125 cm³/mol. The SMILES string of the molecule is CC(O)C(N)C(=O)NC(CCCN=C(N)N)C(=O)NC(CCC(N)=O)C(=O)NC(CC(N)=O)C(=O)O. The molecule has 5 unspecified atom stereocenters. The van der Waals surface area contributed by atoms with E-state index in [1.807, 2.05) is 0 Å². The number of carboxylic acids is 1. The van der Waals surface area contributed by atoms with Gasteiger partial charge in [-0.15, -0.1) is 0 Å². The lowest BCUT2D eigenvalue weighted by Gasteiger charge is -2.25. The van der Waals surface area contributed by atoms with Crippen LogP contribution in [-0.2, 0) is 28.8 Å². The maximum Gasteiger partial charge on any atom is 0.326 e. The highest BCUT2D eigenvalue weighted by molar-refractivity contribution is 5.95. The molecule has 0 saturated carbocycles. The average molecular weight is 518 g/mol. The van der Waals surface area contributed by atoms with E-state index < -0.39 is 72.2 Å². The molecular weight excluding hydrogens is 482 g/mol. The van der Waals surface area contributed by atoms with Crippen LogP contribution in [0.4, 0.5) is 0 Å². The van der Waals surface area contributed by atoms with Crippen LogP contribution in [0.25, 0.3) is 0 Å². The third-order valence-electron chi connectivity index (χ3n) is 4.73. The molecule has 17 heteroatoms. The summed E-state index contributed by atoms with van der Waals surface area (Å²) in [5, 5.41) is 25.5. The standard InChI is InChI=1S/C19H35N9O8/c1-8(29)14(22)17(34)27-9(3-2-6-25-19(23)24)15(32)26-10(4-5-12(20)30)16(33)28-11(18(35)36)7-13(21)31/h8-11,14,29H,2-7,22H2,1H3,(H2,20,30)(H2,21,31)(H,26,32)(H,27,34)(H,28,33)(H,35,36)(H4,23,24,25). The van der Waals surface area contributed by atoms with Gasteiger partial charge in [0.25, 0.3) is 0 Å². The average Bonchev–Trinajstić information content (AvgIpc) is 2.76. The number of amides is 5. The molecule has 0 aliphatic rings. The fourth-order valence-corrected chi connectivity index (χ4v) is 2.76. The second-order valence-electron chi connectivity index (χ2n) is 7.91. The molecule has 0 rings (SSSR count). The summed E-state index contributed by atoms with van der Waals surface area (Å²) < 4.78 is 0. The lowest BCUT2D eigenvalue weighted by atomic mass is 10.1. The molecule has 5 amide bonds. The topological polar surface area (TPSA) is 321 Å². The molecule has 0 spiro atoms. The van der Waals surface area contributed by atoms with Crippen molar-refractivity contribution in [3.8, 4) is 0 Å². The molecule has 0 aromatic carbocycles. The number of rotatable bonds is 17. The van der Waals surface area contributed by atoms with Crippen LogP contribution >= 0.6 is 0 Å². The van der Waals surface area contributed by atoms with Gasteiger partial charge < -0.3 is 54.8 Å². The van der Waals surface area contributed by atoms with Crippen LogP contribution in [-0.4, -0.2) is 88.5 Å². The van der Waals surface area contributed by atoms with E-state index in [4.69, 9.17) is 28.7 Å². The van der Waals surface area contributed by atoms with Gasteiger partial charge in [-0.3, -0.25) is 29.0 Å². The van der Waals surface area contributed by atoms with Crippen molar-refractivity contribution in [1.29, 1.82) is 0 Å². The molecule has 0 bridgehead atoms. The molecule has 0 aliphatic carbocycles. The minimum Gasteiger partial charge on any atom is -0.480 e. The number of carboxylic acid groups (broad SMARTS) is 1. The van der Waals surface area contributed by atoms with Crippen LogP contribution in [0.15, 0.2) is 4.99 Å². The highest BCUT2D eigenvalue weighted by Gasteiger charge is 2.31. The first kappa shape index (κ1) is 32.0. The summed E-state index contributed by atoms with van der Waals surface area (Å²) in [5.41, 5.74) is 26.2. The van der Waals surface area contributed by atoms with Crippen LogP contribution in [0.2, 0.25) is 0 Å². The van der Waals surface area contributed by atoms with Gasteiger partial charge in [0.1, 0.15) is 24.2 Å². The van der Waals surface area contributed by atoms with E-state index in [-0.39, 0.29) is 38.2 Å². The Morgan fingerprint density at radius 1 is 0.806 bits per heavy atom. The summed E-state index contributed by atoms with van der Waals surface area (Å²) in [6.45, 7) is 1.37. The number of nitrogens with two attached hydrogens (primary N) is 5. The molecule has 204 valence electrons. The number of nitrogens with zero attached hydrogens (tertiary/aromatic N) is 1. The lowest BCUT2D eigenvalue weighted by Crippen LogP contribution is -2.58. The Morgan fingerprint density at radius 2 is 1.31 bits per heavy atom. The van der Waals surface area contributed by atoms with Crippen molar-refractivity contribution in [2.45, 2.75) is 69.3 Å². The Bertz CT molecular complexity index is 845. The van der Waals surface area contributed by atoms with Crippen molar-refractivity contribution in [1.82, 2.24) is 16.0 Å². The molecule has 0 saturated heterocycles. The van der Waals surface area contributed by atoms with E-state index in [9.17, 15) is 39.0 Å². The monoisotopic (exact) mass is 517 g/mol. The number of carbonyl (C=O) groups excluding carboxylic acids is 5. The number of aliphatic hydroxyl groups is 1. The Kier molecular flexibility index (Phi) is 14.1. The summed E-state index contributed by atoms with van der Waals surface area (Å²) in [6, 6.07) is -5.80. The van der Waals surface area contributed by atoms with Crippen LogP contribution < -0.4 is 44.6 Å². The Balaban J connectivity index is 5.70. The normalized spacial score (nSPS) is 14.8. The Hall–Kier alpha value is -3.99. The van der Waals surface area contributed by atoms with Gasteiger partial charge in [0.05, 0.1) is 12.5 Å². The minimum absolute atomic E-state index is 0.0233. The number of nitrogens with one attached hydrogen (secondary N) is 3. The molecule has 0 aromatic heterocycles. The van der Waals surface area contributed by atoms with E-state index in [1.165, 1.54) is 6.92 Å². The van der Waals surface area contributed by atoms with Crippen molar-refractivity contribution >= 4 is 41.5 Å². The maximum absolute atomic E-state index is 13.0. The number of aliphatic imine (C=N–C) groups is 1. The van der Waals surface area contributed by atoms with Crippen LogP contribution in [0.5, 0.6) is 0 Å². The highest BCUT2D eigenvalue weighted by Crippen LogP contribution is 2.05. The van der Waals surface area contributed by atoms with Crippen molar-refractivity contribution in [2.24, 2.45) is 33.7 Å². The first-order valence-electron chi connectivity index (χ1n) is 10.8. The van der Waals surface area contributed by atoms with E-state index in [0.29, 0.717) is 0 Å². The highest BCUT2D eigenvalue weighted by atomic mass is 16.4. The largest absolute Gasteiger partial charge is 0.480 e. The van der Waals surface area contributed by atoms with Crippen molar-refractivity contribution in [3.63, 3.8) is 0 Å². The van der Waals surface area contributed by atoms with Gasteiger partial charge in [0.2, 0.25) is 29.5 Å². The van der Waals surface area contributed by atoms with Crippen LogP contribution in [0.3, 0.4) is 0 Å². The first-order chi connectivity index (χ1) is 16.6. The molecule has 15 N–H and O–H groups in total. The van der Waals surface area contributed by atoms with E-state index in [0.717, 1.165) is 0 Å². The van der Waals surface area contributed by atoms with Gasteiger partial charge in [-0.25, -0.2) is 4.79 Å². The van der Waals surface area contributed by atoms with Gasteiger partial charge in [0, 0.05) is 13.0 Å². The van der Waals surface area contributed by atoms with Crippen LogP contribution in [0.1, 0.15) is 39.0 Å². The molecule has 0 aromatic rings. The number of aliphatic carboxylic acids is 1. The molecule has 17 nitrogen and oxygen atoms in total. The molecule has 0 radical (unpaired) electrons. The van der Waals surface area contributed by atoms with E-state index >= 15 is 0 Å². The number of aliphatic hydroxyl groups excluding tert-OH is 1. The summed E-state index contributed by atoms with van der Waals surface area (Å²) in [5.74, 6) is -6.35. The number of carbonyl (C=O) groups is 6. The number of hydrogen-bond acceptors (Lipinski definition) is 9. The molecule has 0 fully saturated rings. The van der Waals surface area contributed by atoms with Crippen LogP contribution in [0, 0.1) is 0 Å². The quantitative estimate of drug-likeness (QED) is 0.0492.